The van der Waals surface area contributed by atoms with Gasteiger partial charge < -0.3 is 19.3 Å². The molecule has 178 valence electrons. The van der Waals surface area contributed by atoms with Crippen LogP contribution >= 0.6 is 0 Å². The van der Waals surface area contributed by atoms with E-state index in [0.29, 0.717) is 24.2 Å². The monoisotopic (exact) mass is 476 g/mol. The highest BCUT2D eigenvalue weighted by atomic mass is 19.1. The molecule has 0 bridgehead atoms. The zero-order valence-electron chi connectivity index (χ0n) is 18.5. The topological polar surface area (TPSA) is 109 Å². The lowest BCUT2D eigenvalue weighted by atomic mass is 10.0. The molecule has 1 fully saturated rings. The third-order valence-corrected chi connectivity index (χ3v) is 5.89. The minimum Gasteiger partial charge on any atom is -0.437 e. The molecule has 1 atom stereocenters. The van der Waals surface area contributed by atoms with Gasteiger partial charge in [-0.15, -0.1) is 5.10 Å². The molecule has 2 aromatic carbocycles. The molecule has 10 nitrogen and oxygen atoms in total. The zero-order valence-corrected chi connectivity index (χ0v) is 18.5. The summed E-state index contributed by atoms with van der Waals surface area (Å²) in [7, 11) is 0. The van der Waals surface area contributed by atoms with Gasteiger partial charge >= 0.3 is 6.03 Å². The van der Waals surface area contributed by atoms with Gasteiger partial charge in [0.05, 0.1) is 5.56 Å². The summed E-state index contributed by atoms with van der Waals surface area (Å²) in [5, 5.41) is 8.07. The number of halogens is 1. The van der Waals surface area contributed by atoms with Gasteiger partial charge in [-0.25, -0.2) is 9.18 Å². The van der Waals surface area contributed by atoms with E-state index in [1.807, 2.05) is 0 Å². The summed E-state index contributed by atoms with van der Waals surface area (Å²) in [6, 6.07) is 11.8. The number of carbonyl (C=O) groups excluding carboxylic acids is 3. The van der Waals surface area contributed by atoms with E-state index in [1.54, 1.807) is 41.4 Å². The lowest BCUT2D eigenvalue weighted by Gasteiger charge is -2.34. The van der Waals surface area contributed by atoms with Crippen molar-refractivity contribution in [3.05, 3.63) is 83.4 Å². The largest absolute Gasteiger partial charge is 0.437 e. The molecule has 1 aromatic heterocycles. The van der Waals surface area contributed by atoms with E-state index in [1.165, 1.54) is 27.9 Å². The SMILES string of the molecule is O=CC1NN=C(Oc2ccc(F)c(C(=O)N3CCN(C(=O)n4cccn4)CC3)c2)c2ccccc21. The number of hydrogen-bond donors (Lipinski definition) is 1. The number of hydrogen-bond acceptors (Lipinski definition) is 7. The average molecular weight is 476 g/mol. The van der Waals surface area contributed by atoms with Crippen molar-refractivity contribution in [3.8, 4) is 5.75 Å². The summed E-state index contributed by atoms with van der Waals surface area (Å²) in [6.07, 6.45) is 3.82. The van der Waals surface area contributed by atoms with E-state index in [9.17, 15) is 18.8 Å². The van der Waals surface area contributed by atoms with E-state index in [0.717, 1.165) is 12.4 Å². The summed E-state index contributed by atoms with van der Waals surface area (Å²) in [5.74, 6) is -0.747. The van der Waals surface area contributed by atoms with E-state index in [-0.39, 0.29) is 36.3 Å². The van der Waals surface area contributed by atoms with Crippen LogP contribution < -0.4 is 10.2 Å². The van der Waals surface area contributed by atoms with Gasteiger partial charge in [-0.1, -0.05) is 18.2 Å². The van der Waals surface area contributed by atoms with Crippen molar-refractivity contribution >= 4 is 24.1 Å². The maximum atomic E-state index is 14.6. The number of hydrazone groups is 1. The number of piperazine rings is 1. The van der Waals surface area contributed by atoms with Crippen LogP contribution in [0.25, 0.3) is 0 Å². The number of rotatable bonds is 3. The Morgan fingerprint density at radius 2 is 1.83 bits per heavy atom. The third-order valence-electron chi connectivity index (χ3n) is 5.89. The number of nitrogens with zero attached hydrogens (tertiary/aromatic N) is 5. The van der Waals surface area contributed by atoms with Crippen LogP contribution in [0, 0.1) is 5.82 Å². The Morgan fingerprint density at radius 1 is 1.06 bits per heavy atom. The molecule has 2 aliphatic heterocycles. The summed E-state index contributed by atoms with van der Waals surface area (Å²) in [5.41, 5.74) is 3.91. The van der Waals surface area contributed by atoms with E-state index in [2.05, 4.69) is 15.6 Å². The predicted molar refractivity (Wildman–Crippen MR) is 122 cm³/mol. The molecule has 11 heteroatoms. The Bertz CT molecular complexity index is 1300. The molecular formula is C24H21FN6O4. The van der Waals surface area contributed by atoms with Crippen LogP contribution in [-0.4, -0.2) is 69.9 Å². The molecule has 1 saturated heterocycles. The Labute approximate surface area is 199 Å². The molecule has 0 aliphatic carbocycles. The first-order chi connectivity index (χ1) is 17.0. The maximum Gasteiger partial charge on any atom is 0.344 e. The summed E-state index contributed by atoms with van der Waals surface area (Å²) in [6.45, 7) is 1.12. The van der Waals surface area contributed by atoms with Crippen LogP contribution in [0.15, 0.2) is 66.0 Å². The highest BCUT2D eigenvalue weighted by molar-refractivity contribution is 5.99. The smallest absolute Gasteiger partial charge is 0.344 e. The predicted octanol–water partition coefficient (Wildman–Crippen LogP) is 2.03. The molecule has 1 N–H and O–H groups in total. The van der Waals surface area contributed by atoms with E-state index in [4.69, 9.17) is 4.74 Å². The quantitative estimate of drug-likeness (QED) is 0.580. The fourth-order valence-electron chi connectivity index (χ4n) is 4.04. The highest BCUT2D eigenvalue weighted by Gasteiger charge is 2.28. The number of nitrogens with one attached hydrogen (secondary N) is 1. The van der Waals surface area contributed by atoms with Gasteiger partial charge in [-0.3, -0.25) is 10.2 Å². The number of aldehydes is 1. The first kappa shape index (κ1) is 22.3. The molecule has 5 rings (SSSR count). The van der Waals surface area contributed by atoms with E-state index >= 15 is 0 Å². The first-order valence-corrected chi connectivity index (χ1v) is 11.0. The number of carbonyl (C=O) groups is 3. The summed E-state index contributed by atoms with van der Waals surface area (Å²) < 4.78 is 21.7. The van der Waals surface area contributed by atoms with Gasteiger partial charge in [0.1, 0.15) is 23.9 Å². The van der Waals surface area contributed by atoms with Crippen LogP contribution in [0.3, 0.4) is 0 Å². The first-order valence-electron chi connectivity index (χ1n) is 11.0. The highest BCUT2D eigenvalue weighted by Crippen LogP contribution is 2.25. The van der Waals surface area contributed by atoms with Crippen molar-refractivity contribution in [1.29, 1.82) is 0 Å². The van der Waals surface area contributed by atoms with Gasteiger partial charge in [-0.05, 0) is 35.9 Å². The molecule has 3 heterocycles. The minimum atomic E-state index is -0.678. The Kier molecular flexibility index (Phi) is 5.96. The molecule has 0 saturated carbocycles. The Morgan fingerprint density at radius 3 is 2.57 bits per heavy atom. The molecule has 1 unspecified atom stereocenters. The van der Waals surface area contributed by atoms with Crippen LogP contribution in [0.5, 0.6) is 5.75 Å². The maximum absolute atomic E-state index is 14.6. The number of benzene rings is 2. The van der Waals surface area contributed by atoms with Crippen molar-refractivity contribution in [2.75, 3.05) is 26.2 Å². The molecular weight excluding hydrogens is 455 g/mol. The van der Waals surface area contributed by atoms with Crippen molar-refractivity contribution in [2.24, 2.45) is 5.10 Å². The molecule has 2 amide bonds. The zero-order chi connectivity index (χ0) is 24.4. The second-order valence-corrected chi connectivity index (χ2v) is 8.00. The fourth-order valence-corrected chi connectivity index (χ4v) is 4.04. The van der Waals surface area contributed by atoms with Gasteiger partial charge in [0.15, 0.2) is 0 Å². The second-order valence-electron chi connectivity index (χ2n) is 8.00. The number of fused-ring (bicyclic) bond motifs is 1. The lowest BCUT2D eigenvalue weighted by molar-refractivity contribution is -0.109. The van der Waals surface area contributed by atoms with Crippen molar-refractivity contribution in [2.45, 2.75) is 6.04 Å². The molecule has 3 aromatic rings. The number of ether oxygens (including phenoxy) is 1. The molecule has 0 radical (unpaired) electrons. The molecule has 2 aliphatic rings. The van der Waals surface area contributed by atoms with Gasteiger partial charge in [0.25, 0.3) is 5.91 Å². The normalized spacial score (nSPS) is 17.2. The number of aromatic nitrogens is 2. The van der Waals surface area contributed by atoms with Crippen LogP contribution in [0.2, 0.25) is 0 Å². The summed E-state index contributed by atoms with van der Waals surface area (Å²) in [4.78, 5) is 39.9. The van der Waals surface area contributed by atoms with Gasteiger partial charge in [-0.2, -0.15) is 9.78 Å². The van der Waals surface area contributed by atoms with E-state index < -0.39 is 17.8 Å². The van der Waals surface area contributed by atoms with Crippen LogP contribution in [0.1, 0.15) is 27.5 Å². The van der Waals surface area contributed by atoms with Crippen molar-refractivity contribution in [3.63, 3.8) is 0 Å². The summed E-state index contributed by atoms with van der Waals surface area (Å²) >= 11 is 0. The molecule has 35 heavy (non-hydrogen) atoms. The Balaban J connectivity index is 1.29. The third kappa shape index (κ3) is 4.35. The second kappa shape index (κ2) is 9.37. The van der Waals surface area contributed by atoms with Crippen LogP contribution in [0.4, 0.5) is 9.18 Å². The Hall–Kier alpha value is -4.54. The number of amides is 2. The van der Waals surface area contributed by atoms with Crippen molar-refractivity contribution in [1.82, 2.24) is 25.0 Å². The van der Waals surface area contributed by atoms with Gasteiger partial charge in [0, 0.05) is 44.1 Å². The lowest BCUT2D eigenvalue weighted by Crippen LogP contribution is -2.51. The fraction of sp³-hybridized carbons (Fsp3) is 0.208. The van der Waals surface area contributed by atoms with Crippen LogP contribution in [-0.2, 0) is 4.79 Å². The standard InChI is InChI=1S/C24H21FN6O4/c25-20-7-6-16(35-22-18-5-2-1-4-17(18)21(15-32)27-28-22)14-19(20)23(33)29-10-12-30(13-11-29)24(34)31-9-3-8-26-31/h1-9,14-15,21,27H,10-13H2. The van der Waals surface area contributed by atoms with Gasteiger partial charge in [0.2, 0.25) is 5.90 Å². The molecule has 0 spiro atoms. The average Bonchev–Trinajstić information content (AvgIpc) is 3.44. The minimum absolute atomic E-state index is 0.141. The van der Waals surface area contributed by atoms with Crippen molar-refractivity contribution < 1.29 is 23.5 Å².